The molecule has 3 heterocycles. The summed E-state index contributed by atoms with van der Waals surface area (Å²) in [7, 11) is -4.09. The van der Waals surface area contributed by atoms with E-state index in [0.717, 1.165) is 30.6 Å². The van der Waals surface area contributed by atoms with Crippen LogP contribution in [0, 0.1) is 5.92 Å². The third-order valence-electron chi connectivity index (χ3n) is 7.31. The number of fused-ring (bicyclic) bond motifs is 2. The highest BCUT2D eigenvalue weighted by Gasteiger charge is 2.61. The quantitative estimate of drug-likeness (QED) is 0.454. The topological polar surface area (TPSA) is 151 Å². The Morgan fingerprint density at radius 3 is 2.62 bits per heavy atom. The van der Waals surface area contributed by atoms with Crippen LogP contribution in [0.4, 0.5) is 4.79 Å². The highest BCUT2D eigenvalue weighted by molar-refractivity contribution is 7.92. The number of thiophene rings is 1. The minimum atomic E-state index is -4.09. The first-order valence-electron chi connectivity index (χ1n) is 13.7. The molecule has 2 aliphatic heterocycles. The molecule has 0 spiro atoms. The van der Waals surface area contributed by atoms with Gasteiger partial charge in [0.2, 0.25) is 11.8 Å². The van der Waals surface area contributed by atoms with Crippen molar-refractivity contribution in [2.75, 3.05) is 6.54 Å². The van der Waals surface area contributed by atoms with Gasteiger partial charge in [-0.3, -0.25) is 14.4 Å². The lowest BCUT2D eigenvalue weighted by Gasteiger charge is -2.30. The van der Waals surface area contributed by atoms with Crippen molar-refractivity contribution in [3.05, 3.63) is 29.7 Å². The van der Waals surface area contributed by atoms with Crippen molar-refractivity contribution in [2.24, 2.45) is 5.92 Å². The summed E-state index contributed by atoms with van der Waals surface area (Å²) >= 11 is 0.989. The van der Waals surface area contributed by atoms with Crippen molar-refractivity contribution >= 4 is 45.2 Å². The number of alkyl carbamates (subject to hydrolysis) is 1. The first-order chi connectivity index (χ1) is 18.8. The summed E-state index contributed by atoms with van der Waals surface area (Å²) in [5, 5.41) is 7.11. The van der Waals surface area contributed by atoms with Crippen LogP contribution < -0.4 is 15.4 Å². The smallest absolute Gasteiger partial charge is 0.408 e. The summed E-state index contributed by atoms with van der Waals surface area (Å²) in [5.74, 6) is -2.06. The largest absolute Gasteiger partial charge is 0.444 e. The zero-order chi connectivity index (χ0) is 29.1. The van der Waals surface area contributed by atoms with Crippen molar-refractivity contribution in [1.82, 2.24) is 20.3 Å². The molecule has 1 saturated heterocycles. The number of amides is 4. The molecule has 2 fully saturated rings. The average Bonchev–Trinajstić information content (AvgIpc) is 3.25. The number of rotatable bonds is 4. The van der Waals surface area contributed by atoms with E-state index in [4.69, 9.17) is 4.74 Å². The predicted molar refractivity (Wildman–Crippen MR) is 149 cm³/mol. The standard InChI is InChI=1S/C27H38N4O7S2/c1-26(2,3)38-25(35)28-19-12-8-6-4-5-7-11-18-17-27(18,24(34)30-40(36,37)21-14-10-16-39-21)29-22(32)20-13-9-15-31(20)23(19)33/h7,10-11,14,16,18-20H,4-6,8-9,12-13,15,17H2,1-3H3,(H,28,35)(H,29,32)(H,30,34)/b11-7-/t18-,19+,20+,27-/m1/s1. The van der Waals surface area contributed by atoms with Crippen LogP contribution in [0.2, 0.25) is 0 Å². The van der Waals surface area contributed by atoms with E-state index < -0.39 is 51.2 Å². The fourth-order valence-corrected chi connectivity index (χ4v) is 7.25. The fourth-order valence-electron chi connectivity index (χ4n) is 5.22. The van der Waals surface area contributed by atoms with Gasteiger partial charge in [0.05, 0.1) is 0 Å². The second-order valence-corrected chi connectivity index (χ2v) is 14.4. The van der Waals surface area contributed by atoms with Crippen LogP contribution in [0.1, 0.15) is 72.1 Å². The zero-order valence-corrected chi connectivity index (χ0v) is 24.7. The summed E-state index contributed by atoms with van der Waals surface area (Å²) in [4.78, 5) is 54.6. The molecule has 1 saturated carbocycles. The van der Waals surface area contributed by atoms with Gasteiger partial charge in [-0.15, -0.1) is 11.3 Å². The molecule has 1 aliphatic carbocycles. The lowest BCUT2D eigenvalue weighted by atomic mass is 10.0. The van der Waals surface area contributed by atoms with E-state index in [1.165, 1.54) is 11.0 Å². The van der Waals surface area contributed by atoms with Crippen LogP contribution in [-0.4, -0.2) is 66.9 Å². The van der Waals surface area contributed by atoms with Crippen molar-refractivity contribution in [3.8, 4) is 0 Å². The average molecular weight is 595 g/mol. The lowest BCUT2D eigenvalue weighted by molar-refractivity contribution is -0.141. The number of hydrogen-bond acceptors (Lipinski definition) is 8. The molecule has 0 bridgehead atoms. The van der Waals surface area contributed by atoms with Crippen LogP contribution in [0.5, 0.6) is 0 Å². The highest BCUT2D eigenvalue weighted by atomic mass is 32.2. The highest BCUT2D eigenvalue weighted by Crippen LogP contribution is 2.46. The molecular weight excluding hydrogens is 556 g/mol. The van der Waals surface area contributed by atoms with Gasteiger partial charge >= 0.3 is 6.09 Å². The molecule has 4 amide bonds. The van der Waals surface area contributed by atoms with Crippen molar-refractivity contribution in [3.63, 3.8) is 0 Å². The van der Waals surface area contributed by atoms with Gasteiger partial charge in [0.25, 0.3) is 15.9 Å². The molecule has 4 rings (SSSR count). The number of allylic oxidation sites excluding steroid dienone is 1. The molecule has 220 valence electrons. The molecule has 1 aromatic heterocycles. The Labute approximate surface area is 239 Å². The van der Waals surface area contributed by atoms with E-state index in [1.807, 2.05) is 12.2 Å². The van der Waals surface area contributed by atoms with Crippen LogP contribution in [0.15, 0.2) is 33.9 Å². The molecule has 3 N–H and O–H groups in total. The number of hydrogen-bond donors (Lipinski definition) is 3. The summed E-state index contributed by atoms with van der Waals surface area (Å²) < 4.78 is 33.1. The summed E-state index contributed by atoms with van der Waals surface area (Å²) in [5.41, 5.74) is -2.16. The third kappa shape index (κ3) is 7.03. The van der Waals surface area contributed by atoms with Crippen LogP contribution in [-0.2, 0) is 29.1 Å². The number of nitrogens with zero attached hydrogens (tertiary/aromatic N) is 1. The van der Waals surface area contributed by atoms with E-state index in [1.54, 1.807) is 32.2 Å². The Balaban J connectivity index is 1.55. The molecule has 1 aromatic rings. The molecule has 0 unspecified atom stereocenters. The molecular formula is C27H38N4O7S2. The Morgan fingerprint density at radius 2 is 1.93 bits per heavy atom. The maximum atomic E-state index is 13.6. The molecule has 0 radical (unpaired) electrons. The fraction of sp³-hybridized carbons (Fsp3) is 0.630. The van der Waals surface area contributed by atoms with Gasteiger partial charge in [0.15, 0.2) is 0 Å². The summed E-state index contributed by atoms with van der Waals surface area (Å²) in [6, 6.07) is 1.28. The van der Waals surface area contributed by atoms with E-state index in [2.05, 4.69) is 15.4 Å². The van der Waals surface area contributed by atoms with Crippen LogP contribution in [0.25, 0.3) is 0 Å². The third-order valence-corrected chi connectivity index (χ3v) is 10.0. The molecule has 0 aromatic carbocycles. The van der Waals surface area contributed by atoms with Gasteiger partial charge in [-0.25, -0.2) is 17.9 Å². The van der Waals surface area contributed by atoms with Crippen molar-refractivity contribution in [2.45, 2.75) is 99.6 Å². The summed E-state index contributed by atoms with van der Waals surface area (Å²) in [6.45, 7) is 5.55. The Morgan fingerprint density at radius 1 is 1.15 bits per heavy atom. The predicted octanol–water partition coefficient (Wildman–Crippen LogP) is 2.83. The molecule has 4 atom stereocenters. The number of ether oxygens (including phenoxy) is 1. The van der Waals surface area contributed by atoms with Gasteiger partial charge in [-0.05, 0) is 70.7 Å². The van der Waals surface area contributed by atoms with Crippen LogP contribution >= 0.6 is 11.3 Å². The minimum Gasteiger partial charge on any atom is -0.444 e. The first-order valence-corrected chi connectivity index (χ1v) is 16.1. The Bertz CT molecular complexity index is 1260. The normalized spacial score (nSPS) is 28.7. The number of sulfonamides is 1. The van der Waals surface area contributed by atoms with Gasteiger partial charge < -0.3 is 20.3 Å². The molecule has 11 nitrogen and oxygen atoms in total. The maximum absolute atomic E-state index is 13.6. The van der Waals surface area contributed by atoms with E-state index in [-0.39, 0.29) is 22.5 Å². The second kappa shape index (κ2) is 11.9. The molecule has 13 heteroatoms. The number of carbonyl (C=O) groups is 4. The Kier molecular flexibility index (Phi) is 8.93. The second-order valence-electron chi connectivity index (χ2n) is 11.6. The SMILES string of the molecule is CC(C)(C)OC(=O)N[C@H]1CCCCC/C=C\[C@@H]2C[C@@]2(C(=O)NS(=O)(=O)c2cccs2)NC(=O)[C@@H]2CCCN2C1=O. The van der Waals surface area contributed by atoms with Crippen molar-refractivity contribution < 1.29 is 32.3 Å². The molecule has 3 aliphatic rings. The number of carbonyl (C=O) groups excluding carboxylic acids is 4. The van der Waals surface area contributed by atoms with Crippen LogP contribution in [0.3, 0.4) is 0 Å². The van der Waals surface area contributed by atoms with E-state index >= 15 is 0 Å². The van der Waals surface area contributed by atoms with E-state index in [0.29, 0.717) is 32.2 Å². The lowest BCUT2D eigenvalue weighted by Crippen LogP contribution is -2.58. The minimum absolute atomic E-state index is 0.00422. The zero-order valence-electron chi connectivity index (χ0n) is 23.1. The maximum Gasteiger partial charge on any atom is 0.408 e. The monoisotopic (exact) mass is 594 g/mol. The van der Waals surface area contributed by atoms with E-state index in [9.17, 15) is 27.6 Å². The Hall–Kier alpha value is -2.93. The molecule has 40 heavy (non-hydrogen) atoms. The van der Waals surface area contributed by atoms with Gasteiger partial charge in [0, 0.05) is 12.5 Å². The van der Waals surface area contributed by atoms with Crippen molar-refractivity contribution in [1.29, 1.82) is 0 Å². The number of nitrogens with one attached hydrogen (secondary N) is 3. The van der Waals surface area contributed by atoms with Gasteiger partial charge in [-0.1, -0.05) is 31.1 Å². The first kappa shape index (κ1) is 30.0. The summed E-state index contributed by atoms with van der Waals surface area (Å²) in [6.07, 6.45) is 7.82. The van der Waals surface area contributed by atoms with Gasteiger partial charge in [-0.2, -0.15) is 0 Å². The van der Waals surface area contributed by atoms with Gasteiger partial charge in [0.1, 0.15) is 27.4 Å².